The van der Waals surface area contributed by atoms with E-state index in [0.717, 1.165) is 31.6 Å². The van der Waals surface area contributed by atoms with Crippen LogP contribution in [0.15, 0.2) is 18.2 Å². The summed E-state index contributed by atoms with van der Waals surface area (Å²) < 4.78 is 26.8. The van der Waals surface area contributed by atoms with Gasteiger partial charge in [0.1, 0.15) is 17.3 Å². The number of para-hydroxylation sites is 1. The van der Waals surface area contributed by atoms with Crippen LogP contribution in [-0.4, -0.2) is 43.0 Å². The molecule has 1 heterocycles. The summed E-state index contributed by atoms with van der Waals surface area (Å²) in [7, 11) is 0. The summed E-state index contributed by atoms with van der Waals surface area (Å²) in [6.07, 6.45) is 2.29. The van der Waals surface area contributed by atoms with Crippen LogP contribution in [0.2, 0.25) is 0 Å². The lowest BCUT2D eigenvalue weighted by atomic mass is 10.2. The Balaban J connectivity index is 1.77. The second kappa shape index (κ2) is 7.47. The van der Waals surface area contributed by atoms with E-state index in [9.17, 15) is 13.6 Å². The molecule has 0 saturated carbocycles. The van der Waals surface area contributed by atoms with Gasteiger partial charge in [-0.15, -0.1) is 0 Å². The van der Waals surface area contributed by atoms with E-state index < -0.39 is 17.5 Å². The van der Waals surface area contributed by atoms with E-state index in [1.165, 1.54) is 12.5 Å². The van der Waals surface area contributed by atoms with Crippen LogP contribution >= 0.6 is 0 Å². The maximum atomic E-state index is 13.4. The Morgan fingerprint density at radius 2 is 2.10 bits per heavy atom. The molecule has 2 rings (SSSR count). The van der Waals surface area contributed by atoms with Crippen molar-refractivity contribution < 1.29 is 13.6 Å². The molecule has 1 atom stereocenters. The zero-order valence-corrected chi connectivity index (χ0v) is 12.2. The van der Waals surface area contributed by atoms with Gasteiger partial charge in [0.05, 0.1) is 6.54 Å². The highest BCUT2D eigenvalue weighted by molar-refractivity contribution is 5.92. The molecule has 0 aliphatic carbocycles. The number of rotatable bonds is 6. The van der Waals surface area contributed by atoms with Crippen LogP contribution < -0.4 is 10.6 Å². The molecule has 0 spiro atoms. The molecular weight excluding hydrogens is 276 g/mol. The summed E-state index contributed by atoms with van der Waals surface area (Å²) >= 11 is 0. The van der Waals surface area contributed by atoms with E-state index >= 15 is 0 Å². The van der Waals surface area contributed by atoms with Gasteiger partial charge in [0, 0.05) is 12.6 Å². The van der Waals surface area contributed by atoms with Crippen molar-refractivity contribution >= 4 is 11.6 Å². The van der Waals surface area contributed by atoms with E-state index in [4.69, 9.17) is 0 Å². The first-order chi connectivity index (χ1) is 10.1. The largest absolute Gasteiger partial charge is 0.320 e. The monoisotopic (exact) mass is 297 g/mol. The van der Waals surface area contributed by atoms with Gasteiger partial charge in [0.2, 0.25) is 5.91 Å². The summed E-state index contributed by atoms with van der Waals surface area (Å²) in [5.41, 5.74) is -0.389. The Morgan fingerprint density at radius 3 is 2.76 bits per heavy atom. The Kier molecular flexibility index (Phi) is 5.64. The van der Waals surface area contributed by atoms with Crippen molar-refractivity contribution in [1.29, 1.82) is 0 Å². The quantitative estimate of drug-likeness (QED) is 0.844. The fourth-order valence-electron chi connectivity index (χ4n) is 2.70. The van der Waals surface area contributed by atoms with Crippen molar-refractivity contribution in [1.82, 2.24) is 10.2 Å². The van der Waals surface area contributed by atoms with Gasteiger partial charge in [-0.25, -0.2) is 8.78 Å². The van der Waals surface area contributed by atoms with Gasteiger partial charge in [0.25, 0.3) is 0 Å². The number of likely N-dealkylation sites (tertiary alicyclic amines) is 1. The minimum absolute atomic E-state index is 0.0435. The first kappa shape index (κ1) is 15.9. The minimum atomic E-state index is -0.767. The molecule has 0 radical (unpaired) electrons. The molecule has 0 aromatic heterocycles. The lowest BCUT2D eigenvalue weighted by Gasteiger charge is -2.22. The summed E-state index contributed by atoms with van der Waals surface area (Å²) in [5, 5.41) is 5.32. The molecule has 1 aromatic carbocycles. The molecule has 116 valence electrons. The summed E-state index contributed by atoms with van der Waals surface area (Å²) in [6.45, 7) is 4.96. The smallest absolute Gasteiger partial charge is 0.238 e. The van der Waals surface area contributed by atoms with Crippen molar-refractivity contribution in [3.05, 3.63) is 29.8 Å². The second-order valence-electron chi connectivity index (χ2n) is 5.20. The Bertz CT molecular complexity index is 476. The van der Waals surface area contributed by atoms with Crippen LogP contribution in [0.1, 0.15) is 19.8 Å². The average molecular weight is 297 g/mol. The zero-order chi connectivity index (χ0) is 15.2. The predicted molar refractivity (Wildman–Crippen MR) is 78.1 cm³/mol. The number of hydrogen-bond donors (Lipinski definition) is 2. The molecule has 0 bridgehead atoms. The summed E-state index contributed by atoms with van der Waals surface area (Å²) in [6, 6.07) is 3.93. The number of carbonyl (C=O) groups is 1. The molecule has 6 heteroatoms. The van der Waals surface area contributed by atoms with Gasteiger partial charge in [-0.1, -0.05) is 13.0 Å². The molecule has 1 fully saturated rings. The highest BCUT2D eigenvalue weighted by atomic mass is 19.1. The lowest BCUT2D eigenvalue weighted by Crippen LogP contribution is -2.40. The Labute approximate surface area is 123 Å². The maximum absolute atomic E-state index is 13.4. The third kappa shape index (κ3) is 4.22. The van der Waals surface area contributed by atoms with Gasteiger partial charge >= 0.3 is 0 Å². The highest BCUT2D eigenvalue weighted by Crippen LogP contribution is 2.18. The van der Waals surface area contributed by atoms with Crippen LogP contribution in [0.4, 0.5) is 14.5 Å². The van der Waals surface area contributed by atoms with E-state index in [-0.39, 0.29) is 12.2 Å². The fourth-order valence-corrected chi connectivity index (χ4v) is 2.70. The van der Waals surface area contributed by atoms with Crippen LogP contribution in [-0.2, 0) is 4.79 Å². The first-order valence-electron chi connectivity index (χ1n) is 7.30. The second-order valence-corrected chi connectivity index (χ2v) is 5.20. The molecule has 1 unspecified atom stereocenters. The fraction of sp³-hybridized carbons (Fsp3) is 0.533. The Morgan fingerprint density at radius 1 is 1.38 bits per heavy atom. The molecule has 1 aliphatic heterocycles. The molecule has 21 heavy (non-hydrogen) atoms. The molecule has 1 aromatic rings. The van der Waals surface area contributed by atoms with E-state index in [1.54, 1.807) is 0 Å². The molecule has 2 N–H and O–H groups in total. The van der Waals surface area contributed by atoms with Gasteiger partial charge < -0.3 is 10.6 Å². The van der Waals surface area contributed by atoms with Gasteiger partial charge in [-0.05, 0) is 38.1 Å². The number of nitrogens with zero attached hydrogens (tertiary/aromatic N) is 1. The van der Waals surface area contributed by atoms with Crippen molar-refractivity contribution in [3.8, 4) is 0 Å². The lowest BCUT2D eigenvalue weighted by molar-refractivity contribution is -0.115. The highest BCUT2D eigenvalue weighted by Gasteiger charge is 2.22. The van der Waals surface area contributed by atoms with Crippen molar-refractivity contribution in [2.45, 2.75) is 25.8 Å². The topological polar surface area (TPSA) is 44.4 Å². The zero-order valence-electron chi connectivity index (χ0n) is 12.2. The van der Waals surface area contributed by atoms with Crippen LogP contribution in [0.25, 0.3) is 0 Å². The number of hydrogen-bond acceptors (Lipinski definition) is 3. The standard InChI is InChI=1S/C15H21F2N3O/c1-2-20-8-4-5-11(20)9-18-10-14(21)19-15-12(16)6-3-7-13(15)17/h3,6-7,11,18H,2,4-5,8-10H2,1H3,(H,19,21). The number of benzene rings is 1. The number of anilines is 1. The minimum Gasteiger partial charge on any atom is -0.320 e. The van der Waals surface area contributed by atoms with Crippen LogP contribution in [0.5, 0.6) is 0 Å². The number of carbonyl (C=O) groups excluding carboxylic acids is 1. The van der Waals surface area contributed by atoms with E-state index in [0.29, 0.717) is 12.6 Å². The molecular formula is C15H21F2N3O. The van der Waals surface area contributed by atoms with Crippen molar-refractivity contribution in [3.63, 3.8) is 0 Å². The van der Waals surface area contributed by atoms with Crippen molar-refractivity contribution in [2.24, 2.45) is 0 Å². The van der Waals surface area contributed by atoms with Gasteiger partial charge in [0.15, 0.2) is 0 Å². The maximum Gasteiger partial charge on any atom is 0.238 e. The SMILES string of the molecule is CCN1CCCC1CNCC(=O)Nc1c(F)cccc1F. The summed E-state index contributed by atoms with van der Waals surface area (Å²) in [5.74, 6) is -1.98. The van der Waals surface area contributed by atoms with E-state index in [2.05, 4.69) is 22.5 Å². The van der Waals surface area contributed by atoms with Gasteiger partial charge in [-0.3, -0.25) is 9.69 Å². The first-order valence-corrected chi connectivity index (χ1v) is 7.30. The summed E-state index contributed by atoms with van der Waals surface area (Å²) in [4.78, 5) is 14.1. The third-order valence-corrected chi connectivity index (χ3v) is 3.80. The molecule has 1 amide bonds. The van der Waals surface area contributed by atoms with Gasteiger partial charge in [-0.2, -0.15) is 0 Å². The number of halogens is 2. The average Bonchev–Trinajstić information content (AvgIpc) is 2.90. The molecule has 1 saturated heterocycles. The predicted octanol–water partition coefficient (Wildman–Crippen LogP) is 1.98. The number of likely N-dealkylation sites (N-methyl/N-ethyl adjacent to an activating group) is 1. The third-order valence-electron chi connectivity index (χ3n) is 3.80. The van der Waals surface area contributed by atoms with E-state index in [1.807, 2.05) is 0 Å². The Hall–Kier alpha value is -1.53. The van der Waals surface area contributed by atoms with Crippen LogP contribution in [0.3, 0.4) is 0 Å². The molecule has 1 aliphatic rings. The van der Waals surface area contributed by atoms with Crippen molar-refractivity contribution in [2.75, 3.05) is 31.5 Å². The number of amides is 1. The van der Waals surface area contributed by atoms with Crippen LogP contribution in [0, 0.1) is 11.6 Å². The normalized spacial score (nSPS) is 18.9. The molecule has 4 nitrogen and oxygen atoms in total. The number of nitrogens with one attached hydrogen (secondary N) is 2.